The van der Waals surface area contributed by atoms with Gasteiger partial charge in [0, 0.05) is 11.0 Å². The molecule has 1 aromatic rings. The fourth-order valence-corrected chi connectivity index (χ4v) is 1.29. The third-order valence-corrected chi connectivity index (χ3v) is 2.24. The second-order valence-corrected chi connectivity index (χ2v) is 3.12. The van der Waals surface area contributed by atoms with Crippen LogP contribution in [0.1, 0.15) is 11.1 Å². The lowest BCUT2D eigenvalue weighted by atomic mass is 10.1. The monoisotopic (exact) mass is 211 g/mol. The van der Waals surface area contributed by atoms with E-state index in [0.29, 0.717) is 6.54 Å². The van der Waals surface area contributed by atoms with Crippen molar-refractivity contribution in [1.29, 1.82) is 0 Å². The van der Waals surface area contributed by atoms with E-state index in [9.17, 15) is 0 Å². The zero-order valence-electron chi connectivity index (χ0n) is 6.18. The molecule has 0 saturated carbocycles. The lowest BCUT2D eigenvalue weighted by Crippen LogP contribution is -1.95. The van der Waals surface area contributed by atoms with Crippen molar-refractivity contribution in [2.45, 2.75) is 6.54 Å². The minimum Gasteiger partial charge on any atom is -0.326 e. The molecule has 1 aromatic carbocycles. The summed E-state index contributed by atoms with van der Waals surface area (Å²) in [5.41, 5.74) is 7.69. The first-order valence-electron chi connectivity index (χ1n) is 3.39. The Morgan fingerprint density at radius 2 is 2.27 bits per heavy atom. The van der Waals surface area contributed by atoms with Crippen molar-refractivity contribution < 1.29 is 0 Å². The topological polar surface area (TPSA) is 26.0 Å². The summed E-state index contributed by atoms with van der Waals surface area (Å²) in [5.74, 6) is 0. The smallest absolute Gasteiger partial charge is 0.0247 e. The minimum absolute atomic E-state index is 0.577. The number of rotatable bonds is 2. The quantitative estimate of drug-likeness (QED) is 0.800. The molecule has 11 heavy (non-hydrogen) atoms. The van der Waals surface area contributed by atoms with E-state index in [0.717, 1.165) is 15.6 Å². The second kappa shape index (κ2) is 3.69. The summed E-state index contributed by atoms with van der Waals surface area (Å²) in [6.45, 7) is 4.27. The average Bonchev–Trinajstić information content (AvgIpc) is 2.05. The van der Waals surface area contributed by atoms with Gasteiger partial charge in [0.25, 0.3) is 0 Å². The molecular weight excluding hydrogens is 202 g/mol. The highest BCUT2D eigenvalue weighted by atomic mass is 79.9. The van der Waals surface area contributed by atoms with Crippen LogP contribution in [0.15, 0.2) is 29.3 Å². The first-order chi connectivity index (χ1) is 5.27. The molecule has 0 aromatic heterocycles. The molecule has 2 heteroatoms. The number of hydrogen-bond donors (Lipinski definition) is 1. The number of benzene rings is 1. The van der Waals surface area contributed by atoms with Gasteiger partial charge in [0.05, 0.1) is 0 Å². The molecule has 1 rings (SSSR count). The average molecular weight is 212 g/mol. The fraction of sp³-hybridized carbons (Fsp3) is 0.111. The van der Waals surface area contributed by atoms with Crippen LogP contribution in [0.5, 0.6) is 0 Å². The summed E-state index contributed by atoms with van der Waals surface area (Å²) < 4.78 is 1.06. The molecule has 0 amide bonds. The van der Waals surface area contributed by atoms with Gasteiger partial charge in [-0.2, -0.15) is 0 Å². The van der Waals surface area contributed by atoms with Crippen molar-refractivity contribution in [3.05, 3.63) is 40.4 Å². The van der Waals surface area contributed by atoms with E-state index in [4.69, 9.17) is 5.73 Å². The van der Waals surface area contributed by atoms with E-state index in [2.05, 4.69) is 22.5 Å². The molecule has 0 heterocycles. The van der Waals surface area contributed by atoms with Gasteiger partial charge in [-0.3, -0.25) is 0 Å². The predicted molar refractivity (Wildman–Crippen MR) is 52.1 cm³/mol. The minimum atomic E-state index is 0.577. The van der Waals surface area contributed by atoms with Gasteiger partial charge in [0.1, 0.15) is 0 Å². The Balaban J connectivity index is 3.12. The van der Waals surface area contributed by atoms with Crippen molar-refractivity contribution in [2.24, 2.45) is 5.73 Å². The van der Waals surface area contributed by atoms with Crippen LogP contribution in [0.3, 0.4) is 0 Å². The van der Waals surface area contributed by atoms with E-state index in [1.54, 1.807) is 0 Å². The van der Waals surface area contributed by atoms with Crippen molar-refractivity contribution in [3.63, 3.8) is 0 Å². The molecule has 58 valence electrons. The van der Waals surface area contributed by atoms with Gasteiger partial charge in [0.2, 0.25) is 0 Å². The van der Waals surface area contributed by atoms with Gasteiger partial charge in [-0.05, 0) is 23.3 Å². The fourth-order valence-electron chi connectivity index (χ4n) is 0.877. The van der Waals surface area contributed by atoms with Crippen LogP contribution in [0.4, 0.5) is 0 Å². The molecule has 0 radical (unpaired) electrons. The molecule has 0 fully saturated rings. The Hall–Kier alpha value is -0.600. The highest BCUT2D eigenvalue weighted by Gasteiger charge is 1.95. The standard InChI is InChI=1S/C9H10BrN/c1-2-8-5-7(6-11)3-4-9(8)10/h2-5H,1,6,11H2. The van der Waals surface area contributed by atoms with Gasteiger partial charge in [0.15, 0.2) is 0 Å². The first-order valence-corrected chi connectivity index (χ1v) is 4.18. The third-order valence-electron chi connectivity index (χ3n) is 1.52. The first kappa shape index (κ1) is 8.50. The molecule has 0 spiro atoms. The normalized spacial score (nSPS) is 9.64. The maximum absolute atomic E-state index is 5.47. The van der Waals surface area contributed by atoms with E-state index in [1.807, 2.05) is 24.3 Å². The van der Waals surface area contributed by atoms with Gasteiger partial charge in [-0.25, -0.2) is 0 Å². The molecule has 1 nitrogen and oxygen atoms in total. The third kappa shape index (κ3) is 1.91. The maximum atomic E-state index is 5.47. The van der Waals surface area contributed by atoms with Crippen molar-refractivity contribution >= 4 is 22.0 Å². The van der Waals surface area contributed by atoms with E-state index >= 15 is 0 Å². The second-order valence-electron chi connectivity index (χ2n) is 2.26. The molecule has 0 unspecified atom stereocenters. The SMILES string of the molecule is C=Cc1cc(CN)ccc1Br. The summed E-state index contributed by atoms with van der Waals surface area (Å²) in [5, 5.41) is 0. The van der Waals surface area contributed by atoms with Crippen LogP contribution in [0.2, 0.25) is 0 Å². The van der Waals surface area contributed by atoms with Gasteiger partial charge < -0.3 is 5.73 Å². The summed E-state index contributed by atoms with van der Waals surface area (Å²) in [6, 6.07) is 6.01. The number of hydrogen-bond acceptors (Lipinski definition) is 1. The van der Waals surface area contributed by atoms with Crippen LogP contribution >= 0.6 is 15.9 Å². The molecule has 0 atom stereocenters. The van der Waals surface area contributed by atoms with Crippen molar-refractivity contribution in [1.82, 2.24) is 0 Å². The molecule has 0 saturated heterocycles. The summed E-state index contributed by atoms with van der Waals surface area (Å²) in [7, 11) is 0. The molecule has 0 aliphatic rings. The highest BCUT2D eigenvalue weighted by molar-refractivity contribution is 9.10. The molecular formula is C9H10BrN. The van der Waals surface area contributed by atoms with Crippen LogP contribution < -0.4 is 5.73 Å². The molecule has 0 aliphatic carbocycles. The van der Waals surface area contributed by atoms with Crippen LogP contribution in [0, 0.1) is 0 Å². The number of nitrogens with two attached hydrogens (primary N) is 1. The molecule has 0 bridgehead atoms. The van der Waals surface area contributed by atoms with Gasteiger partial charge >= 0.3 is 0 Å². The summed E-state index contributed by atoms with van der Waals surface area (Å²) in [4.78, 5) is 0. The maximum Gasteiger partial charge on any atom is 0.0247 e. The Labute approximate surface area is 75.0 Å². The summed E-state index contributed by atoms with van der Waals surface area (Å²) in [6.07, 6.45) is 1.81. The van der Waals surface area contributed by atoms with Gasteiger partial charge in [-0.1, -0.05) is 34.7 Å². The lowest BCUT2D eigenvalue weighted by Gasteiger charge is -2.00. The molecule has 2 N–H and O–H groups in total. The molecule has 0 aliphatic heterocycles. The Morgan fingerprint density at radius 3 is 2.82 bits per heavy atom. The Bertz CT molecular complexity index is 268. The van der Waals surface area contributed by atoms with E-state index < -0.39 is 0 Å². The Morgan fingerprint density at radius 1 is 1.55 bits per heavy atom. The zero-order valence-corrected chi connectivity index (χ0v) is 7.76. The van der Waals surface area contributed by atoms with Crippen LogP contribution in [-0.4, -0.2) is 0 Å². The van der Waals surface area contributed by atoms with E-state index in [1.165, 1.54) is 0 Å². The largest absolute Gasteiger partial charge is 0.326 e. The lowest BCUT2D eigenvalue weighted by molar-refractivity contribution is 1.07. The zero-order chi connectivity index (χ0) is 8.27. The van der Waals surface area contributed by atoms with Crippen LogP contribution in [0.25, 0.3) is 6.08 Å². The number of halogens is 1. The van der Waals surface area contributed by atoms with Crippen molar-refractivity contribution in [3.8, 4) is 0 Å². The van der Waals surface area contributed by atoms with Crippen LogP contribution in [-0.2, 0) is 6.54 Å². The summed E-state index contributed by atoms with van der Waals surface area (Å²) >= 11 is 3.41. The predicted octanol–water partition coefficient (Wildman–Crippen LogP) is 2.55. The Kier molecular flexibility index (Phi) is 2.85. The van der Waals surface area contributed by atoms with E-state index in [-0.39, 0.29) is 0 Å². The van der Waals surface area contributed by atoms with Gasteiger partial charge in [-0.15, -0.1) is 0 Å². The van der Waals surface area contributed by atoms with Crippen molar-refractivity contribution in [2.75, 3.05) is 0 Å². The highest BCUT2D eigenvalue weighted by Crippen LogP contribution is 2.18.